The average Bonchev–Trinajstić information content (AvgIpc) is 3.41. The Morgan fingerprint density at radius 1 is 1.12 bits per heavy atom. The zero-order chi connectivity index (χ0) is 24.0. The van der Waals surface area contributed by atoms with Gasteiger partial charge in [-0.05, 0) is 17.7 Å². The van der Waals surface area contributed by atoms with Gasteiger partial charge in [-0.15, -0.1) is 5.11 Å². The van der Waals surface area contributed by atoms with Crippen molar-refractivity contribution in [1.82, 2.24) is 9.97 Å². The third-order valence-electron chi connectivity index (χ3n) is 5.11. The number of amidine groups is 1. The van der Waals surface area contributed by atoms with Gasteiger partial charge in [0.25, 0.3) is 0 Å². The molecule has 0 aliphatic carbocycles. The number of aromatic nitrogens is 2. The number of nitrogen functional groups attached to an aromatic ring is 1. The van der Waals surface area contributed by atoms with Gasteiger partial charge in [-0.25, -0.2) is 32.0 Å². The molecule has 8 N–H and O–H groups in total. The largest absolute Gasteiger partial charge is 0.395 e. The molecule has 0 unspecified atom stereocenters. The number of sulfone groups is 1. The van der Waals surface area contributed by atoms with E-state index in [1.165, 1.54) is 6.07 Å². The number of benzene rings is 2. The Labute approximate surface area is 188 Å². The van der Waals surface area contributed by atoms with Crippen molar-refractivity contribution < 1.29 is 21.9 Å². The normalized spacial score (nSPS) is 15.2. The monoisotopic (exact) mass is 492 g/mol. The van der Waals surface area contributed by atoms with Crippen LogP contribution in [0.3, 0.4) is 0 Å². The fraction of sp³-hybridized carbons (Fsp3) is 0.222. The second kappa shape index (κ2) is 8.27. The van der Waals surface area contributed by atoms with Crippen molar-refractivity contribution >= 4 is 42.7 Å². The van der Waals surface area contributed by atoms with Crippen LogP contribution < -0.4 is 16.6 Å². The van der Waals surface area contributed by atoms with Crippen molar-refractivity contribution in [2.24, 2.45) is 26.1 Å². The Kier molecular flexibility index (Phi) is 5.75. The van der Waals surface area contributed by atoms with E-state index in [0.717, 1.165) is 6.07 Å². The lowest BCUT2D eigenvalue weighted by atomic mass is 9.97. The van der Waals surface area contributed by atoms with Crippen LogP contribution in [0.2, 0.25) is 0 Å². The number of anilines is 1. The predicted octanol–water partition coefficient (Wildman–Crippen LogP) is -0.277. The lowest BCUT2D eigenvalue weighted by molar-refractivity contribution is 0.291. The van der Waals surface area contributed by atoms with E-state index in [1.807, 2.05) is 0 Å². The number of para-hydroxylation sites is 1. The van der Waals surface area contributed by atoms with Crippen molar-refractivity contribution in [3.05, 3.63) is 35.9 Å². The number of fused-ring (bicyclic) bond motifs is 1. The number of H-pyrrole nitrogens is 1. The molecule has 0 spiro atoms. The molecule has 0 saturated heterocycles. The van der Waals surface area contributed by atoms with Crippen molar-refractivity contribution in [2.75, 3.05) is 25.6 Å². The molecule has 174 valence electrons. The minimum atomic E-state index is -4.65. The summed E-state index contributed by atoms with van der Waals surface area (Å²) in [6, 6.07) is 7.58. The molecule has 4 rings (SSSR count). The van der Waals surface area contributed by atoms with Crippen LogP contribution in [0.15, 0.2) is 55.3 Å². The Morgan fingerprint density at radius 2 is 1.88 bits per heavy atom. The number of aliphatic hydroxyl groups is 1. The number of aliphatic imine (C=N–C) groups is 1. The Bertz CT molecular complexity index is 1520. The van der Waals surface area contributed by atoms with Gasteiger partial charge in [0.05, 0.1) is 28.1 Å². The number of hydrogen-bond donors (Lipinski definition) is 5. The minimum absolute atomic E-state index is 0.0720. The number of primary sulfonamides is 1. The van der Waals surface area contributed by atoms with Gasteiger partial charge in [0.1, 0.15) is 10.1 Å². The van der Waals surface area contributed by atoms with Gasteiger partial charge in [0, 0.05) is 12.1 Å². The van der Waals surface area contributed by atoms with Gasteiger partial charge in [0.15, 0.2) is 28.3 Å². The first-order valence-corrected chi connectivity index (χ1v) is 12.6. The number of azo groups is 1. The Hall–Kier alpha value is -3.24. The van der Waals surface area contributed by atoms with Crippen molar-refractivity contribution in [3.63, 3.8) is 0 Å². The Balaban J connectivity index is 2.16. The zero-order valence-electron chi connectivity index (χ0n) is 17.0. The van der Waals surface area contributed by atoms with Crippen molar-refractivity contribution in [3.8, 4) is 11.1 Å². The van der Waals surface area contributed by atoms with Crippen LogP contribution in [0, 0.1) is 0 Å². The molecule has 13 nitrogen and oxygen atoms in total. The first-order chi connectivity index (χ1) is 15.6. The number of hydrogen-bond acceptors (Lipinski definition) is 11. The number of nitrogens with zero attached hydrogens (tertiary/aromatic N) is 4. The number of imidazole rings is 1. The van der Waals surface area contributed by atoms with Crippen LogP contribution in [0.5, 0.6) is 0 Å². The molecule has 15 heteroatoms. The second-order valence-electron chi connectivity index (χ2n) is 7.13. The first kappa shape index (κ1) is 22.9. The molecule has 3 aromatic rings. The molecule has 1 atom stereocenters. The van der Waals surface area contributed by atoms with E-state index in [9.17, 15) is 21.9 Å². The fourth-order valence-corrected chi connectivity index (χ4v) is 6.58. The van der Waals surface area contributed by atoms with Gasteiger partial charge in [-0.3, -0.25) is 0 Å². The van der Waals surface area contributed by atoms with Crippen LogP contribution in [0.1, 0.15) is 5.56 Å². The molecule has 0 bridgehead atoms. The molecule has 1 aliphatic rings. The molecule has 0 fully saturated rings. The summed E-state index contributed by atoms with van der Waals surface area (Å²) in [4.78, 5) is 9.90. The molecule has 2 heterocycles. The summed E-state index contributed by atoms with van der Waals surface area (Å²) >= 11 is 0. The van der Waals surface area contributed by atoms with E-state index >= 15 is 0 Å². The molecule has 33 heavy (non-hydrogen) atoms. The molecular formula is C18H20N8O5S2. The summed E-state index contributed by atoms with van der Waals surface area (Å²) in [5.41, 5.74) is 12.8. The number of sulfonamides is 1. The standard InChI is InChI=1S/C18H20N8O5S2/c19-6-9(7-27)32(28,29)13-5-4-10(11-2-1-3-12-15(11)25-18(20)24-12)14(16(13)33(21,30)31)17-22-8-23-26-17/h1-5,9,27H,6-8,19H2,(H3,20,24,25)(H2,21,30,31)/t9-/m0/s1. The van der Waals surface area contributed by atoms with E-state index in [4.69, 9.17) is 16.6 Å². The summed E-state index contributed by atoms with van der Waals surface area (Å²) in [5.74, 6) is 0.0244. The summed E-state index contributed by atoms with van der Waals surface area (Å²) in [6.07, 6.45) is 0. The number of nitrogens with two attached hydrogens (primary N) is 3. The second-order valence-corrected chi connectivity index (χ2v) is 10.8. The van der Waals surface area contributed by atoms with Crippen LogP contribution in [0.4, 0.5) is 5.95 Å². The van der Waals surface area contributed by atoms with E-state index in [0.29, 0.717) is 16.6 Å². The number of rotatable bonds is 7. The molecule has 2 aromatic carbocycles. The zero-order valence-corrected chi connectivity index (χ0v) is 18.6. The SMILES string of the molecule is NC[C@@H](CO)S(=O)(=O)c1ccc(-c2cccc3[nH]c(N)nc23)c(C2=NCN=N2)c1S(N)(=O)=O. The van der Waals surface area contributed by atoms with Crippen LogP contribution in [-0.4, -0.2) is 62.8 Å². The third-order valence-corrected chi connectivity index (χ3v) is 8.41. The quantitative estimate of drug-likeness (QED) is 0.293. The molecule has 1 aliphatic heterocycles. The van der Waals surface area contributed by atoms with Crippen molar-refractivity contribution in [2.45, 2.75) is 15.0 Å². The number of nitrogens with one attached hydrogen (secondary N) is 1. The molecule has 0 saturated carbocycles. The molecule has 0 radical (unpaired) electrons. The van der Waals surface area contributed by atoms with Gasteiger partial charge in [0.2, 0.25) is 10.0 Å². The maximum atomic E-state index is 13.2. The van der Waals surface area contributed by atoms with E-state index in [-0.39, 0.29) is 29.6 Å². The third kappa shape index (κ3) is 3.89. The maximum Gasteiger partial charge on any atom is 0.240 e. The highest BCUT2D eigenvalue weighted by Gasteiger charge is 2.36. The molecular weight excluding hydrogens is 472 g/mol. The van der Waals surface area contributed by atoms with Crippen LogP contribution in [0.25, 0.3) is 22.2 Å². The van der Waals surface area contributed by atoms with E-state index in [2.05, 4.69) is 25.2 Å². The van der Waals surface area contributed by atoms with Crippen LogP contribution >= 0.6 is 0 Å². The molecule has 1 aromatic heterocycles. The van der Waals surface area contributed by atoms with E-state index < -0.39 is 48.1 Å². The Morgan fingerprint density at radius 3 is 2.48 bits per heavy atom. The predicted molar refractivity (Wildman–Crippen MR) is 121 cm³/mol. The smallest absolute Gasteiger partial charge is 0.240 e. The topological polar surface area (TPSA) is 232 Å². The highest BCUT2D eigenvalue weighted by molar-refractivity contribution is 7.94. The summed E-state index contributed by atoms with van der Waals surface area (Å²) in [5, 5.41) is 21.3. The number of aromatic amines is 1. The number of aliphatic hydroxyl groups excluding tert-OH is 1. The maximum absolute atomic E-state index is 13.2. The fourth-order valence-electron chi connectivity index (χ4n) is 3.62. The van der Waals surface area contributed by atoms with Gasteiger partial charge in [-0.2, -0.15) is 5.11 Å². The average molecular weight is 493 g/mol. The van der Waals surface area contributed by atoms with Gasteiger partial charge < -0.3 is 21.6 Å². The summed E-state index contributed by atoms with van der Waals surface area (Å²) < 4.78 is 52.0. The lowest BCUT2D eigenvalue weighted by Crippen LogP contribution is -2.34. The van der Waals surface area contributed by atoms with Crippen LogP contribution in [-0.2, 0) is 19.9 Å². The first-order valence-electron chi connectivity index (χ1n) is 9.51. The highest BCUT2D eigenvalue weighted by atomic mass is 32.2. The minimum Gasteiger partial charge on any atom is -0.395 e. The van der Waals surface area contributed by atoms with Crippen molar-refractivity contribution in [1.29, 1.82) is 0 Å². The lowest BCUT2D eigenvalue weighted by Gasteiger charge is -2.19. The summed E-state index contributed by atoms with van der Waals surface area (Å²) in [6.45, 7) is -1.32. The highest BCUT2D eigenvalue weighted by Crippen LogP contribution is 2.38. The van der Waals surface area contributed by atoms with E-state index in [1.54, 1.807) is 18.2 Å². The molecule has 0 amide bonds. The van der Waals surface area contributed by atoms with Gasteiger partial charge in [-0.1, -0.05) is 18.2 Å². The summed E-state index contributed by atoms with van der Waals surface area (Å²) in [7, 11) is -9.06. The van der Waals surface area contributed by atoms with Gasteiger partial charge >= 0.3 is 0 Å².